The Morgan fingerprint density at radius 1 is 1.04 bits per heavy atom. The lowest BCUT2D eigenvalue weighted by Crippen LogP contribution is -2.56. The number of methoxy groups -OCH3 is 1. The van der Waals surface area contributed by atoms with Crippen LogP contribution in [0.1, 0.15) is 73.9 Å². The predicted octanol–water partition coefficient (Wildman–Crippen LogP) is 7.73. The number of carbonyl (C=O) groups excluding carboxylic acids is 1. The molecule has 4 aliphatic rings. The summed E-state index contributed by atoms with van der Waals surface area (Å²) in [5.41, 5.74) is 2.86. The molecule has 3 aliphatic heterocycles. The zero-order valence-corrected chi connectivity index (χ0v) is 32.6. The van der Waals surface area contributed by atoms with E-state index >= 15 is 0 Å². The van der Waals surface area contributed by atoms with Crippen LogP contribution in [0.4, 0.5) is 5.69 Å². The van der Waals surface area contributed by atoms with Crippen molar-refractivity contribution < 1.29 is 27.4 Å². The predicted molar refractivity (Wildman–Crippen MR) is 206 cm³/mol. The second-order valence-electron chi connectivity index (χ2n) is 14.1. The molecule has 0 aromatic heterocycles. The first-order chi connectivity index (χ1) is 24.1. The van der Waals surface area contributed by atoms with Gasteiger partial charge in [-0.15, -0.1) is 23.5 Å². The van der Waals surface area contributed by atoms with Gasteiger partial charge < -0.3 is 19.1 Å². The Morgan fingerprint density at radius 3 is 2.62 bits per heavy atom. The number of benzene rings is 2. The van der Waals surface area contributed by atoms with E-state index in [2.05, 4.69) is 21.8 Å². The lowest BCUT2D eigenvalue weighted by atomic mass is 9.64. The first kappa shape index (κ1) is 37.9. The van der Waals surface area contributed by atoms with E-state index in [0.717, 1.165) is 73.0 Å². The van der Waals surface area contributed by atoms with Gasteiger partial charge in [0.1, 0.15) is 18.0 Å². The number of ether oxygens (including phenoxy) is 3. The Hall–Kier alpha value is -1.89. The van der Waals surface area contributed by atoms with Gasteiger partial charge in [-0.2, -0.15) is 0 Å². The van der Waals surface area contributed by atoms with Crippen LogP contribution in [0, 0.1) is 17.8 Å². The fourth-order valence-electron chi connectivity index (χ4n) is 7.64. The molecule has 2 bridgehead atoms. The molecule has 2 fully saturated rings. The highest BCUT2D eigenvalue weighted by molar-refractivity contribution is 8.17. The molecular weight excluding hydrogens is 712 g/mol. The second-order valence-corrected chi connectivity index (χ2v) is 19.3. The smallest absolute Gasteiger partial charge is 0.264 e. The van der Waals surface area contributed by atoms with E-state index < -0.39 is 26.8 Å². The van der Waals surface area contributed by atoms with Gasteiger partial charge in [0.15, 0.2) is 0 Å². The summed E-state index contributed by atoms with van der Waals surface area (Å²) >= 11 is 10.4. The molecule has 8 nitrogen and oxygen atoms in total. The Bertz CT molecular complexity index is 1630. The molecule has 2 aromatic carbocycles. The number of nitrogens with one attached hydrogen (secondary N) is 1. The van der Waals surface area contributed by atoms with E-state index in [1.807, 2.05) is 60.8 Å². The van der Waals surface area contributed by atoms with Crippen molar-refractivity contribution in [3.8, 4) is 5.75 Å². The molecule has 0 unspecified atom stereocenters. The van der Waals surface area contributed by atoms with E-state index in [1.54, 1.807) is 20.1 Å². The quantitative estimate of drug-likeness (QED) is 0.243. The Labute approximate surface area is 311 Å². The van der Waals surface area contributed by atoms with Crippen molar-refractivity contribution in [3.63, 3.8) is 0 Å². The molecule has 1 saturated carbocycles. The molecule has 274 valence electrons. The molecule has 0 radical (unpaired) electrons. The summed E-state index contributed by atoms with van der Waals surface area (Å²) < 4.78 is 48.8. The minimum Gasteiger partial charge on any atom is -0.487 e. The van der Waals surface area contributed by atoms with Crippen LogP contribution >= 0.6 is 35.1 Å². The number of nitrogens with zero attached hydrogens (tertiary/aromatic N) is 1. The van der Waals surface area contributed by atoms with Crippen molar-refractivity contribution in [2.45, 2.75) is 80.8 Å². The molecule has 50 heavy (non-hydrogen) atoms. The lowest BCUT2D eigenvalue weighted by Gasteiger charge is -2.53. The fourth-order valence-corrected chi connectivity index (χ4v) is 12.5. The summed E-state index contributed by atoms with van der Waals surface area (Å²) in [6.07, 6.45) is 11.1. The standard InChI is InChI=1S/C38H51ClN2O6S3/c1-26-8-6-16-38(47-19-18-45-3,37-48-20-7-21-49-37)33-14-11-30(33)24-41-17-5-4-9-28-22-32(39)13-10-31(28)25-46-35-15-12-29(23-34(35)41)36(42)40-50(43,44)27(26)2/h6,10,12-13,15-16,22-23,26-27,30,33,37H,4-5,7-9,11,14,17-21,24-25H2,1-3H3,(H,40,42)/b16-6+/t26-,27+,30-,33+,38-/m0/s1. The minimum absolute atomic E-state index is 0.223. The van der Waals surface area contributed by atoms with Crippen LogP contribution < -0.4 is 14.4 Å². The molecule has 1 N–H and O–H groups in total. The third-order valence-corrected chi connectivity index (χ3v) is 16.3. The van der Waals surface area contributed by atoms with E-state index in [1.165, 1.54) is 12.0 Å². The van der Waals surface area contributed by atoms with Crippen molar-refractivity contribution in [2.24, 2.45) is 17.8 Å². The topological polar surface area (TPSA) is 94.2 Å². The fraction of sp³-hybridized carbons (Fsp3) is 0.605. The van der Waals surface area contributed by atoms with E-state index in [4.69, 9.17) is 25.8 Å². The molecule has 1 aliphatic carbocycles. The van der Waals surface area contributed by atoms with Crippen LogP contribution in [0.5, 0.6) is 5.75 Å². The number of carbonyl (C=O) groups is 1. The lowest BCUT2D eigenvalue weighted by molar-refractivity contribution is -0.0982. The van der Waals surface area contributed by atoms with E-state index in [0.29, 0.717) is 43.5 Å². The summed E-state index contributed by atoms with van der Waals surface area (Å²) in [5.74, 6) is 2.63. The summed E-state index contributed by atoms with van der Waals surface area (Å²) in [4.78, 5) is 16.0. The number of hydrogen-bond acceptors (Lipinski definition) is 9. The zero-order valence-electron chi connectivity index (χ0n) is 29.4. The molecule has 5 atom stereocenters. The van der Waals surface area contributed by atoms with Gasteiger partial charge in [-0.05, 0) is 123 Å². The summed E-state index contributed by atoms with van der Waals surface area (Å²) in [6.45, 7) is 6.54. The van der Waals surface area contributed by atoms with Crippen LogP contribution in [-0.2, 0) is 32.5 Å². The highest BCUT2D eigenvalue weighted by atomic mass is 35.5. The Kier molecular flexibility index (Phi) is 12.8. The number of halogens is 1. The van der Waals surface area contributed by atoms with E-state index in [-0.39, 0.29) is 16.4 Å². The van der Waals surface area contributed by atoms with Gasteiger partial charge >= 0.3 is 0 Å². The molecule has 2 aromatic rings. The van der Waals surface area contributed by atoms with Crippen molar-refractivity contribution in [2.75, 3.05) is 49.8 Å². The van der Waals surface area contributed by atoms with Gasteiger partial charge in [0.25, 0.3) is 5.91 Å². The average molecular weight is 763 g/mol. The highest BCUT2D eigenvalue weighted by Crippen LogP contribution is 2.53. The maximum Gasteiger partial charge on any atom is 0.264 e. The third kappa shape index (κ3) is 8.49. The van der Waals surface area contributed by atoms with Gasteiger partial charge in [0, 0.05) is 30.8 Å². The molecule has 0 spiro atoms. The number of thioether (sulfide) groups is 2. The summed E-state index contributed by atoms with van der Waals surface area (Å²) in [6, 6.07) is 11.3. The third-order valence-electron chi connectivity index (χ3n) is 10.9. The number of amides is 1. The maximum atomic E-state index is 13.6. The van der Waals surface area contributed by atoms with Gasteiger partial charge in [-0.3, -0.25) is 4.79 Å². The molecule has 3 heterocycles. The first-order valence-electron chi connectivity index (χ1n) is 18.0. The monoisotopic (exact) mass is 762 g/mol. The number of aryl methyl sites for hydroxylation is 1. The average Bonchev–Trinajstić information content (AvgIpc) is 3.12. The molecular formula is C38H51ClN2O6S3. The normalized spacial score (nSPS) is 30.0. The van der Waals surface area contributed by atoms with Gasteiger partial charge in [0.2, 0.25) is 10.0 Å². The van der Waals surface area contributed by atoms with Gasteiger partial charge in [0.05, 0.1) is 28.7 Å². The number of allylic oxidation sites excluding steroid dienone is 1. The molecule has 1 amide bonds. The van der Waals surface area contributed by atoms with Crippen LogP contribution in [0.2, 0.25) is 5.02 Å². The number of fused-ring (bicyclic) bond motifs is 3. The maximum absolute atomic E-state index is 13.6. The van der Waals surface area contributed by atoms with E-state index in [9.17, 15) is 13.2 Å². The Balaban J connectivity index is 1.43. The first-order valence-corrected chi connectivity index (χ1v) is 22.0. The van der Waals surface area contributed by atoms with Crippen LogP contribution in [-0.4, -0.2) is 74.7 Å². The van der Waals surface area contributed by atoms with Crippen LogP contribution in [0.3, 0.4) is 0 Å². The number of anilines is 1. The van der Waals surface area contributed by atoms with Crippen molar-refractivity contribution in [1.29, 1.82) is 0 Å². The summed E-state index contributed by atoms with van der Waals surface area (Å²) in [7, 11) is -2.25. The molecule has 1 saturated heterocycles. The number of hydrogen-bond donors (Lipinski definition) is 1. The van der Waals surface area contributed by atoms with Crippen molar-refractivity contribution >= 4 is 56.7 Å². The molecule has 6 rings (SSSR count). The van der Waals surface area contributed by atoms with Crippen molar-refractivity contribution in [1.82, 2.24) is 4.72 Å². The van der Waals surface area contributed by atoms with Crippen LogP contribution in [0.25, 0.3) is 0 Å². The molecule has 12 heteroatoms. The van der Waals surface area contributed by atoms with Gasteiger partial charge in [-0.25, -0.2) is 13.1 Å². The van der Waals surface area contributed by atoms with Crippen molar-refractivity contribution in [3.05, 3.63) is 70.3 Å². The van der Waals surface area contributed by atoms with Gasteiger partial charge in [-0.1, -0.05) is 36.7 Å². The SMILES string of the molecule is COCCO[C@@]1(C2SCCCS2)/C=C/C[C@H](C)[C@@H](C)S(=O)(=O)NC(=O)c2ccc3c(c2)N(CCCCc2cc(Cl)ccc2CO3)C[C@@H]2CC[C@H]21. The highest BCUT2D eigenvalue weighted by Gasteiger charge is 2.53. The minimum atomic E-state index is -3.96. The second kappa shape index (κ2) is 16.8. The van der Waals surface area contributed by atoms with Crippen LogP contribution in [0.15, 0.2) is 48.6 Å². The largest absolute Gasteiger partial charge is 0.487 e. The summed E-state index contributed by atoms with van der Waals surface area (Å²) in [5, 5.41) is -0.0639. The number of rotatable bonds is 5. The zero-order chi connectivity index (χ0) is 35.3. The number of sulfonamides is 1. The Morgan fingerprint density at radius 2 is 1.86 bits per heavy atom.